The summed E-state index contributed by atoms with van der Waals surface area (Å²) >= 11 is 0. The summed E-state index contributed by atoms with van der Waals surface area (Å²) in [4.78, 5) is 0. The molecular weight excluding hydrogens is 230 g/mol. The zero-order valence-corrected chi connectivity index (χ0v) is 11.3. The van der Waals surface area contributed by atoms with E-state index in [9.17, 15) is 0 Å². The maximum atomic E-state index is 6.52. The lowest BCUT2D eigenvalue weighted by Crippen LogP contribution is -2.41. The highest BCUT2D eigenvalue weighted by atomic mass is 14.7. The van der Waals surface area contributed by atoms with E-state index in [4.69, 9.17) is 5.73 Å². The van der Waals surface area contributed by atoms with Gasteiger partial charge in [-0.2, -0.15) is 0 Å². The monoisotopic (exact) mass is 249 g/mol. The molecule has 0 heterocycles. The molecule has 1 atom stereocenters. The molecule has 96 valence electrons. The molecule has 1 aliphatic carbocycles. The summed E-state index contributed by atoms with van der Waals surface area (Å²) < 4.78 is 0. The van der Waals surface area contributed by atoms with Crippen LogP contribution in [-0.4, -0.2) is 5.54 Å². The van der Waals surface area contributed by atoms with E-state index in [1.807, 2.05) is 6.07 Å². The molecule has 0 saturated carbocycles. The molecular formula is C18H19N. The Morgan fingerprint density at radius 3 is 2.42 bits per heavy atom. The second-order valence-corrected chi connectivity index (χ2v) is 5.34. The Morgan fingerprint density at radius 1 is 1.00 bits per heavy atom. The van der Waals surface area contributed by atoms with Crippen LogP contribution < -0.4 is 5.73 Å². The minimum absolute atomic E-state index is 0.223. The molecule has 0 aromatic heterocycles. The predicted molar refractivity (Wildman–Crippen MR) is 80.9 cm³/mol. The Bertz CT molecular complexity index is 613. The van der Waals surface area contributed by atoms with Gasteiger partial charge in [0, 0.05) is 5.54 Å². The van der Waals surface area contributed by atoms with Gasteiger partial charge in [0.25, 0.3) is 0 Å². The normalized spacial score (nSPS) is 21.7. The lowest BCUT2D eigenvalue weighted by atomic mass is 9.77. The molecule has 1 aliphatic rings. The van der Waals surface area contributed by atoms with Gasteiger partial charge in [-0.25, -0.2) is 0 Å². The fourth-order valence-corrected chi connectivity index (χ4v) is 2.79. The van der Waals surface area contributed by atoms with Crippen LogP contribution in [0.4, 0.5) is 0 Å². The van der Waals surface area contributed by atoms with Gasteiger partial charge in [-0.15, -0.1) is 0 Å². The summed E-state index contributed by atoms with van der Waals surface area (Å²) in [6.07, 6.45) is 4.14. The molecule has 2 N–H and O–H groups in total. The van der Waals surface area contributed by atoms with E-state index in [1.165, 1.54) is 22.3 Å². The first kappa shape index (κ1) is 12.2. The van der Waals surface area contributed by atoms with Gasteiger partial charge in [0.1, 0.15) is 0 Å². The first-order valence-electron chi connectivity index (χ1n) is 6.87. The van der Waals surface area contributed by atoms with E-state index in [0.29, 0.717) is 0 Å². The number of hydrogen-bond acceptors (Lipinski definition) is 1. The van der Waals surface area contributed by atoms with Crippen molar-refractivity contribution in [2.24, 2.45) is 5.73 Å². The van der Waals surface area contributed by atoms with Crippen molar-refractivity contribution in [3.63, 3.8) is 0 Å². The lowest BCUT2D eigenvalue weighted by Gasteiger charge is -2.32. The molecule has 2 aromatic carbocycles. The SMILES string of the molecule is CCC1(N)C=C(c2ccccc2)c2ccccc2C1. The van der Waals surface area contributed by atoms with Crippen molar-refractivity contribution < 1.29 is 0 Å². The quantitative estimate of drug-likeness (QED) is 0.861. The number of fused-ring (bicyclic) bond motifs is 1. The third-order valence-corrected chi connectivity index (χ3v) is 4.00. The van der Waals surface area contributed by atoms with E-state index < -0.39 is 0 Å². The van der Waals surface area contributed by atoms with Crippen LogP contribution in [0.5, 0.6) is 0 Å². The van der Waals surface area contributed by atoms with Crippen LogP contribution in [0, 0.1) is 0 Å². The second-order valence-electron chi connectivity index (χ2n) is 5.34. The van der Waals surface area contributed by atoms with Gasteiger partial charge in [0.05, 0.1) is 0 Å². The van der Waals surface area contributed by atoms with Crippen molar-refractivity contribution in [1.29, 1.82) is 0 Å². The van der Waals surface area contributed by atoms with Crippen LogP contribution >= 0.6 is 0 Å². The van der Waals surface area contributed by atoms with Crippen molar-refractivity contribution in [3.05, 3.63) is 77.4 Å². The fraction of sp³-hybridized carbons (Fsp3) is 0.222. The second kappa shape index (κ2) is 4.67. The standard InChI is InChI=1S/C18H19N/c1-2-18(19)12-15-10-6-7-11-16(15)17(13-18)14-8-4-3-5-9-14/h3-11,13H,2,12,19H2,1H3. The van der Waals surface area contributed by atoms with E-state index in [1.54, 1.807) is 0 Å². The highest BCUT2D eigenvalue weighted by molar-refractivity contribution is 5.83. The zero-order chi connectivity index (χ0) is 13.3. The first-order chi connectivity index (χ1) is 9.22. The molecule has 1 unspecified atom stereocenters. The van der Waals surface area contributed by atoms with Crippen molar-refractivity contribution in [2.45, 2.75) is 25.3 Å². The van der Waals surface area contributed by atoms with Gasteiger partial charge in [-0.05, 0) is 35.1 Å². The third-order valence-electron chi connectivity index (χ3n) is 4.00. The summed E-state index contributed by atoms with van der Waals surface area (Å²) in [6, 6.07) is 19.1. The minimum Gasteiger partial charge on any atom is -0.322 e. The van der Waals surface area contributed by atoms with Crippen LogP contribution in [0.1, 0.15) is 30.0 Å². The maximum Gasteiger partial charge on any atom is 0.0386 e. The molecule has 0 fully saturated rings. The average molecular weight is 249 g/mol. The van der Waals surface area contributed by atoms with Crippen molar-refractivity contribution in [2.75, 3.05) is 0 Å². The summed E-state index contributed by atoms with van der Waals surface area (Å²) in [5.41, 5.74) is 11.5. The Balaban J connectivity index is 2.19. The van der Waals surface area contributed by atoms with E-state index >= 15 is 0 Å². The molecule has 0 amide bonds. The van der Waals surface area contributed by atoms with Gasteiger partial charge in [-0.1, -0.05) is 67.6 Å². The van der Waals surface area contributed by atoms with Crippen LogP contribution in [0.15, 0.2) is 60.7 Å². The van der Waals surface area contributed by atoms with Gasteiger partial charge < -0.3 is 5.73 Å². The van der Waals surface area contributed by atoms with Crippen LogP contribution in [0.3, 0.4) is 0 Å². The van der Waals surface area contributed by atoms with Crippen molar-refractivity contribution >= 4 is 5.57 Å². The number of rotatable bonds is 2. The summed E-state index contributed by atoms with van der Waals surface area (Å²) in [5, 5.41) is 0. The Kier molecular flexibility index (Phi) is 3.00. The third kappa shape index (κ3) is 2.22. The molecule has 0 aliphatic heterocycles. The maximum absolute atomic E-state index is 6.52. The van der Waals surface area contributed by atoms with E-state index in [0.717, 1.165) is 12.8 Å². The summed E-state index contributed by atoms with van der Waals surface area (Å²) in [7, 11) is 0. The minimum atomic E-state index is -0.223. The Hall–Kier alpha value is -1.86. The number of benzene rings is 2. The Morgan fingerprint density at radius 2 is 1.68 bits per heavy atom. The van der Waals surface area contributed by atoms with Gasteiger partial charge >= 0.3 is 0 Å². The average Bonchev–Trinajstić information content (AvgIpc) is 2.47. The smallest absolute Gasteiger partial charge is 0.0386 e. The first-order valence-corrected chi connectivity index (χ1v) is 6.87. The van der Waals surface area contributed by atoms with Gasteiger partial charge in [0.15, 0.2) is 0 Å². The van der Waals surface area contributed by atoms with Gasteiger partial charge in [-0.3, -0.25) is 0 Å². The number of nitrogens with two attached hydrogens (primary N) is 1. The predicted octanol–water partition coefficient (Wildman–Crippen LogP) is 3.78. The van der Waals surface area contributed by atoms with Crippen molar-refractivity contribution in [3.8, 4) is 0 Å². The summed E-state index contributed by atoms with van der Waals surface area (Å²) in [5.74, 6) is 0. The molecule has 3 rings (SSSR count). The lowest BCUT2D eigenvalue weighted by molar-refractivity contribution is 0.503. The molecule has 0 spiro atoms. The molecule has 0 radical (unpaired) electrons. The van der Waals surface area contributed by atoms with Crippen LogP contribution in [0.2, 0.25) is 0 Å². The Labute approximate surface area is 114 Å². The summed E-state index contributed by atoms with van der Waals surface area (Å²) in [6.45, 7) is 2.16. The highest BCUT2D eigenvalue weighted by Gasteiger charge is 2.28. The molecule has 0 bridgehead atoms. The molecule has 1 nitrogen and oxygen atoms in total. The van der Waals surface area contributed by atoms with Crippen molar-refractivity contribution in [1.82, 2.24) is 0 Å². The highest BCUT2D eigenvalue weighted by Crippen LogP contribution is 2.35. The largest absolute Gasteiger partial charge is 0.322 e. The molecule has 0 saturated heterocycles. The van der Waals surface area contributed by atoms with Gasteiger partial charge in [0.2, 0.25) is 0 Å². The zero-order valence-electron chi connectivity index (χ0n) is 11.3. The van der Waals surface area contributed by atoms with E-state index in [-0.39, 0.29) is 5.54 Å². The fourth-order valence-electron chi connectivity index (χ4n) is 2.79. The molecule has 19 heavy (non-hydrogen) atoms. The topological polar surface area (TPSA) is 26.0 Å². The van der Waals surface area contributed by atoms with Crippen LogP contribution in [-0.2, 0) is 6.42 Å². The van der Waals surface area contributed by atoms with Crippen LogP contribution in [0.25, 0.3) is 5.57 Å². The number of hydrogen-bond donors (Lipinski definition) is 1. The molecule has 1 heteroatoms. The van der Waals surface area contributed by atoms with E-state index in [2.05, 4.69) is 61.5 Å². The molecule has 2 aromatic rings.